The first kappa shape index (κ1) is 42.7. The zero-order valence-electron chi connectivity index (χ0n) is 31.3. The molecule has 1 amide bonds. The lowest BCUT2D eigenvalue weighted by Crippen LogP contribution is -2.53. The minimum absolute atomic E-state index is 0.0805. The van der Waals surface area contributed by atoms with E-state index in [4.69, 9.17) is 22.6 Å². The highest BCUT2D eigenvalue weighted by Crippen LogP contribution is 2.52. The maximum Gasteiger partial charge on any atom is 0.351 e. The summed E-state index contributed by atoms with van der Waals surface area (Å²) in [4.78, 5) is 29.0. The molecule has 13 nitrogen and oxygen atoms in total. The molecule has 0 aromatic carbocycles. The third-order valence-corrected chi connectivity index (χ3v) is 22.4. The summed E-state index contributed by atoms with van der Waals surface area (Å²) in [6, 6.07) is 1.48. The molecule has 4 atom stereocenters. The molecule has 2 heterocycles. The molecule has 0 spiro atoms. The molecule has 276 valence electrons. The van der Waals surface area contributed by atoms with Gasteiger partial charge in [0, 0.05) is 18.5 Å². The highest BCUT2D eigenvalue weighted by molar-refractivity contribution is 8.00. The first-order valence-corrected chi connectivity index (χ1v) is 25.5. The second-order valence-corrected chi connectivity index (χ2v) is 29.7. The SMILES string of the molecule is CC(=O)Nc1ccn([C@@H]2O[C@H](/C=C/S(=O)(=O)CP(=O)(OC(C)C)OC(C)C)[C@@H](O[Si](C)(C)C(C)(C)C)[C@H]2O[Si](C)(C)C(C)(C)C)c(=O)n1. The smallest absolute Gasteiger partial charge is 0.351 e. The van der Waals surface area contributed by atoms with Crippen molar-refractivity contribution in [2.45, 2.75) is 149 Å². The van der Waals surface area contributed by atoms with Gasteiger partial charge in [-0.1, -0.05) is 41.5 Å². The summed E-state index contributed by atoms with van der Waals surface area (Å²) < 4.78 is 73.1. The van der Waals surface area contributed by atoms with E-state index in [0.717, 1.165) is 5.41 Å². The molecule has 1 aromatic heterocycles. The van der Waals surface area contributed by atoms with Gasteiger partial charge in [0.1, 0.15) is 24.1 Å². The fraction of sp³-hybridized carbons (Fsp3) is 0.774. The van der Waals surface area contributed by atoms with Crippen molar-refractivity contribution in [2.75, 3.05) is 10.8 Å². The van der Waals surface area contributed by atoms with Crippen LogP contribution in [0.2, 0.25) is 36.3 Å². The second-order valence-electron chi connectivity index (χ2n) is 15.9. The van der Waals surface area contributed by atoms with Crippen LogP contribution < -0.4 is 11.0 Å². The molecular formula is C31H58N3O10PSSi2. The number of anilines is 1. The Hall–Kier alpha value is -1.50. The second kappa shape index (κ2) is 15.4. The molecule has 0 aliphatic carbocycles. The predicted molar refractivity (Wildman–Crippen MR) is 194 cm³/mol. The van der Waals surface area contributed by atoms with Gasteiger partial charge in [0.25, 0.3) is 0 Å². The number of amides is 1. The summed E-state index contributed by atoms with van der Waals surface area (Å²) in [5, 5.41) is 2.99. The summed E-state index contributed by atoms with van der Waals surface area (Å²) in [6.07, 6.45) is -1.98. The van der Waals surface area contributed by atoms with Gasteiger partial charge in [0.05, 0.1) is 12.2 Å². The summed E-state index contributed by atoms with van der Waals surface area (Å²) in [6.45, 7) is 28.7. The third kappa shape index (κ3) is 11.5. The molecular weight excluding hydrogens is 694 g/mol. The first-order chi connectivity index (χ1) is 21.5. The number of rotatable bonds is 14. The van der Waals surface area contributed by atoms with Crippen LogP contribution in [0.15, 0.2) is 28.5 Å². The van der Waals surface area contributed by atoms with Crippen molar-refractivity contribution in [1.82, 2.24) is 9.55 Å². The van der Waals surface area contributed by atoms with Crippen molar-refractivity contribution in [2.24, 2.45) is 0 Å². The van der Waals surface area contributed by atoms with Crippen LogP contribution in [0.3, 0.4) is 0 Å². The molecule has 2 rings (SSSR count). The summed E-state index contributed by atoms with van der Waals surface area (Å²) >= 11 is 0. The van der Waals surface area contributed by atoms with Gasteiger partial charge in [-0.25, -0.2) is 13.2 Å². The Morgan fingerprint density at radius 1 is 1.00 bits per heavy atom. The van der Waals surface area contributed by atoms with Gasteiger partial charge in [-0.05, 0) is 76.1 Å². The van der Waals surface area contributed by atoms with E-state index >= 15 is 0 Å². The van der Waals surface area contributed by atoms with Gasteiger partial charge in [0.2, 0.25) is 5.91 Å². The van der Waals surface area contributed by atoms with E-state index in [9.17, 15) is 22.6 Å². The van der Waals surface area contributed by atoms with Crippen molar-refractivity contribution in [1.29, 1.82) is 0 Å². The van der Waals surface area contributed by atoms with Crippen molar-refractivity contribution < 1.29 is 40.4 Å². The molecule has 1 saturated heterocycles. The van der Waals surface area contributed by atoms with Gasteiger partial charge in [-0.3, -0.25) is 13.9 Å². The first-order valence-electron chi connectivity index (χ1n) is 16.2. The maximum absolute atomic E-state index is 13.5. The molecule has 17 heteroatoms. The molecule has 1 fully saturated rings. The van der Waals surface area contributed by atoms with E-state index in [1.165, 1.54) is 29.8 Å². The lowest BCUT2D eigenvalue weighted by Gasteiger charge is -2.44. The van der Waals surface area contributed by atoms with E-state index in [-0.39, 0.29) is 21.8 Å². The standard InChI is InChI=1S/C31H58N3O10PSSi2/c1-21(2)41-45(37,42-22(3)4)20-46(38,39)19-17-24-26(43-47(12,13)30(6,7)8)27(44-48(14,15)31(9,10)11)28(40-24)34-18-16-25(32-23(5)35)33-29(34)36/h16-19,21-22,24,26-28H,20H2,1-15H3,(H,32,33,35,36)/b19-17+/t24-,26-,27-,28-/m1/s1. The molecule has 0 unspecified atom stereocenters. The third-order valence-electron chi connectivity index (χ3n) is 8.66. The van der Waals surface area contributed by atoms with Crippen LogP contribution in [-0.2, 0) is 41.8 Å². The normalized spacial score (nSPS) is 21.9. The van der Waals surface area contributed by atoms with Crippen molar-refractivity contribution in [3.63, 3.8) is 0 Å². The molecule has 1 aliphatic rings. The van der Waals surface area contributed by atoms with Crippen LogP contribution in [-0.4, -0.2) is 76.5 Å². The van der Waals surface area contributed by atoms with Crippen LogP contribution >= 0.6 is 7.60 Å². The number of hydrogen-bond acceptors (Lipinski definition) is 11. The molecule has 0 bridgehead atoms. The number of carbonyl (C=O) groups excluding carboxylic acids is 1. The van der Waals surface area contributed by atoms with Gasteiger partial charge in [-0.2, -0.15) is 4.98 Å². The fourth-order valence-electron chi connectivity index (χ4n) is 4.38. The van der Waals surface area contributed by atoms with Crippen molar-refractivity contribution in [3.8, 4) is 0 Å². The Bertz CT molecular complexity index is 1520. The van der Waals surface area contributed by atoms with Crippen molar-refractivity contribution >= 4 is 45.8 Å². The fourth-order valence-corrected chi connectivity index (χ4v) is 11.3. The van der Waals surface area contributed by atoms with Gasteiger partial charge in [0.15, 0.2) is 38.2 Å². The molecule has 48 heavy (non-hydrogen) atoms. The molecule has 0 radical (unpaired) electrons. The van der Waals surface area contributed by atoms with Crippen LogP contribution in [0, 0.1) is 0 Å². The Morgan fingerprint density at radius 3 is 1.90 bits per heavy atom. The topological polar surface area (TPSA) is 161 Å². The minimum Gasteiger partial charge on any atom is -0.408 e. The molecule has 1 N–H and O–H groups in total. The number of carbonyl (C=O) groups is 1. The zero-order valence-corrected chi connectivity index (χ0v) is 35.0. The maximum atomic E-state index is 13.5. The number of nitrogens with one attached hydrogen (secondary N) is 1. The number of hydrogen-bond donors (Lipinski definition) is 1. The van der Waals surface area contributed by atoms with E-state index in [0.29, 0.717) is 0 Å². The summed E-state index contributed by atoms with van der Waals surface area (Å²) in [5.74, 6) is -0.302. The van der Waals surface area contributed by atoms with Crippen molar-refractivity contribution in [3.05, 3.63) is 34.2 Å². The highest BCUT2D eigenvalue weighted by atomic mass is 32.2. The van der Waals surface area contributed by atoms with Crippen LogP contribution in [0.25, 0.3) is 0 Å². The molecule has 1 aromatic rings. The van der Waals surface area contributed by atoms with E-state index in [1.807, 2.05) is 0 Å². The van der Waals surface area contributed by atoms with Crippen LogP contribution in [0.1, 0.15) is 82.4 Å². The number of nitrogens with zero attached hydrogens (tertiary/aromatic N) is 2. The predicted octanol–water partition coefficient (Wildman–Crippen LogP) is 6.81. The van der Waals surface area contributed by atoms with Crippen LogP contribution in [0.4, 0.5) is 5.82 Å². The number of aromatic nitrogens is 2. The monoisotopic (exact) mass is 751 g/mol. The zero-order chi connectivity index (χ0) is 37.3. The van der Waals surface area contributed by atoms with Crippen LogP contribution in [0.5, 0.6) is 0 Å². The Kier molecular flexibility index (Phi) is 13.7. The van der Waals surface area contributed by atoms with E-state index in [1.54, 1.807) is 27.7 Å². The average Bonchev–Trinajstić information content (AvgIpc) is 3.15. The largest absolute Gasteiger partial charge is 0.408 e. The lowest BCUT2D eigenvalue weighted by molar-refractivity contribution is -0.114. The van der Waals surface area contributed by atoms with E-state index < -0.39 is 82.0 Å². The molecule has 0 saturated carbocycles. The van der Waals surface area contributed by atoms with Gasteiger partial charge in [-0.15, -0.1) is 0 Å². The molecule has 1 aliphatic heterocycles. The average molecular weight is 752 g/mol. The Balaban J connectivity index is 2.74. The number of sulfone groups is 1. The Labute approximate surface area is 289 Å². The summed E-state index contributed by atoms with van der Waals surface area (Å²) in [5.41, 5.74) is -1.56. The summed E-state index contributed by atoms with van der Waals surface area (Å²) in [7, 11) is -13.3. The lowest BCUT2D eigenvalue weighted by atomic mass is 10.1. The highest BCUT2D eigenvalue weighted by Gasteiger charge is 2.54. The number of ether oxygens (including phenoxy) is 1. The Morgan fingerprint density at radius 2 is 1.48 bits per heavy atom. The van der Waals surface area contributed by atoms with Gasteiger partial charge < -0.3 is 28.0 Å². The van der Waals surface area contributed by atoms with Gasteiger partial charge >= 0.3 is 13.3 Å². The quantitative estimate of drug-likeness (QED) is 0.157. The van der Waals surface area contributed by atoms with E-state index in [2.05, 4.69) is 78.0 Å². The minimum atomic E-state index is -4.17.